The molecule has 1 aromatic rings. The van der Waals surface area contributed by atoms with Crippen LogP contribution in [0.4, 0.5) is 0 Å². The van der Waals surface area contributed by atoms with Crippen LogP contribution in [-0.2, 0) is 12.8 Å². The molecule has 1 aromatic carbocycles. The molecule has 3 rings (SSSR count). The van der Waals surface area contributed by atoms with Gasteiger partial charge in [-0.25, -0.2) is 0 Å². The molecule has 2 bridgehead atoms. The Morgan fingerprint density at radius 1 is 0.935 bits per heavy atom. The van der Waals surface area contributed by atoms with E-state index in [1.54, 1.807) is 7.11 Å². The molecule has 0 N–H and O–H groups in total. The first-order valence-corrected chi connectivity index (χ1v) is 14.4. The maximum atomic E-state index is 6.83. The molecule has 2 nitrogen and oxygen atoms in total. The van der Waals surface area contributed by atoms with Crippen molar-refractivity contribution in [1.29, 1.82) is 0 Å². The van der Waals surface area contributed by atoms with E-state index in [1.165, 1.54) is 27.8 Å². The lowest BCUT2D eigenvalue weighted by molar-refractivity contribution is 0.408. The van der Waals surface area contributed by atoms with Crippen LogP contribution in [0.3, 0.4) is 0 Å². The highest BCUT2D eigenvalue weighted by molar-refractivity contribution is 6.74. The zero-order chi connectivity index (χ0) is 23.2. The molecular weight excluding hydrogens is 396 g/mol. The molecule has 3 heteroatoms. The van der Waals surface area contributed by atoms with Gasteiger partial charge in [-0.05, 0) is 76.2 Å². The third kappa shape index (κ3) is 7.28. The second-order valence-corrected chi connectivity index (χ2v) is 15.1. The summed E-state index contributed by atoms with van der Waals surface area (Å²) in [5, 5.41) is 0.149. The van der Waals surface area contributed by atoms with Gasteiger partial charge < -0.3 is 9.16 Å². The maximum absolute atomic E-state index is 6.83. The summed E-state index contributed by atoms with van der Waals surface area (Å²) in [5.41, 5.74) is 6.29. The molecule has 0 radical (unpaired) electrons. The number of allylic oxidation sites excluding steroid dienone is 7. The Hall–Kier alpha value is -2.00. The Bertz CT molecular complexity index is 879. The Morgan fingerprint density at radius 2 is 1.61 bits per heavy atom. The number of benzene rings is 1. The lowest BCUT2D eigenvalue weighted by Gasteiger charge is -2.37. The van der Waals surface area contributed by atoms with Gasteiger partial charge in [0.2, 0.25) is 8.32 Å². The van der Waals surface area contributed by atoms with Gasteiger partial charge in [0.25, 0.3) is 0 Å². The smallest absolute Gasteiger partial charge is 0.250 e. The molecule has 2 aliphatic rings. The number of rotatable bonds is 3. The molecule has 0 aliphatic heterocycles. The Labute approximate surface area is 191 Å². The Balaban J connectivity index is 2.56. The molecule has 0 unspecified atom stereocenters. The van der Waals surface area contributed by atoms with Crippen LogP contribution >= 0.6 is 0 Å². The van der Waals surface area contributed by atoms with Gasteiger partial charge in [-0.3, -0.25) is 0 Å². The van der Waals surface area contributed by atoms with Crippen LogP contribution in [0.25, 0.3) is 0 Å². The van der Waals surface area contributed by atoms with Gasteiger partial charge in [0.15, 0.2) is 0 Å². The average molecular weight is 439 g/mol. The number of hydrogen-bond acceptors (Lipinski definition) is 2. The van der Waals surface area contributed by atoms with Crippen LogP contribution in [0.5, 0.6) is 11.5 Å². The van der Waals surface area contributed by atoms with Crippen molar-refractivity contribution in [2.45, 2.75) is 84.9 Å². The van der Waals surface area contributed by atoms with Crippen molar-refractivity contribution in [1.82, 2.24) is 0 Å². The van der Waals surface area contributed by atoms with Crippen molar-refractivity contribution in [3.8, 4) is 11.5 Å². The second kappa shape index (κ2) is 10.5. The summed E-state index contributed by atoms with van der Waals surface area (Å²) in [6, 6.07) is 4.43. The van der Waals surface area contributed by atoms with E-state index in [-0.39, 0.29) is 5.04 Å². The highest BCUT2D eigenvalue weighted by atomic mass is 28.4. The fraction of sp³-hybridized carbons (Fsp3) is 0.500. The molecular formula is C28H42O2Si. The highest BCUT2D eigenvalue weighted by Gasteiger charge is 2.39. The lowest BCUT2D eigenvalue weighted by atomic mass is 9.98. The first kappa shape index (κ1) is 25.3. The fourth-order valence-electron chi connectivity index (χ4n) is 3.39. The molecule has 31 heavy (non-hydrogen) atoms. The van der Waals surface area contributed by atoms with Crippen molar-refractivity contribution in [2.75, 3.05) is 7.11 Å². The van der Waals surface area contributed by atoms with Crippen molar-refractivity contribution < 1.29 is 9.16 Å². The number of ether oxygens (including phenoxy) is 1. The number of hydrogen-bond donors (Lipinski definition) is 0. The third-order valence-corrected chi connectivity index (χ3v) is 10.9. The summed E-state index contributed by atoms with van der Waals surface area (Å²) < 4.78 is 12.6. The second-order valence-electron chi connectivity index (χ2n) is 10.4. The van der Waals surface area contributed by atoms with E-state index in [4.69, 9.17) is 9.16 Å². The monoisotopic (exact) mass is 438 g/mol. The van der Waals surface area contributed by atoms with Gasteiger partial charge in [-0.2, -0.15) is 0 Å². The van der Waals surface area contributed by atoms with E-state index in [0.717, 1.165) is 43.6 Å². The van der Waals surface area contributed by atoms with Gasteiger partial charge in [-0.1, -0.05) is 68.4 Å². The van der Waals surface area contributed by atoms with Gasteiger partial charge in [0, 0.05) is 11.1 Å². The van der Waals surface area contributed by atoms with E-state index in [1.807, 2.05) is 0 Å². The summed E-state index contributed by atoms with van der Waals surface area (Å²) >= 11 is 0. The standard InChI is InChI=1S/C28H42O2Si/c1-21-12-10-14-22(2)16-17-24-19-26(29-7)25(18-23(3)15-11-13-21)20-27(24)30-31(8,9)28(4,5)6/h10,12,15-16,19-20H,1,11,13-14,17-18H2,2-9H3/b12-10-,22-16-,23-15-. The first-order valence-electron chi connectivity index (χ1n) is 11.5. The van der Waals surface area contributed by atoms with E-state index < -0.39 is 8.32 Å². The molecule has 0 amide bonds. The van der Waals surface area contributed by atoms with E-state index in [0.29, 0.717) is 0 Å². The average Bonchev–Trinajstić information content (AvgIpc) is 2.65. The van der Waals surface area contributed by atoms with E-state index >= 15 is 0 Å². The predicted octanol–water partition coefficient (Wildman–Crippen LogP) is 8.35. The molecule has 0 aromatic heterocycles. The van der Waals surface area contributed by atoms with Crippen LogP contribution in [-0.4, -0.2) is 15.4 Å². The molecule has 0 saturated carbocycles. The zero-order valence-electron chi connectivity index (χ0n) is 21.0. The summed E-state index contributed by atoms with van der Waals surface area (Å²) in [7, 11) is -0.187. The number of methoxy groups -OCH3 is 1. The minimum Gasteiger partial charge on any atom is -0.543 e. The fourth-order valence-corrected chi connectivity index (χ4v) is 4.44. The number of fused-ring (bicyclic) bond motifs is 10. The van der Waals surface area contributed by atoms with E-state index in [2.05, 4.69) is 90.7 Å². The molecule has 0 spiro atoms. The van der Waals surface area contributed by atoms with Crippen molar-refractivity contribution in [2.24, 2.45) is 0 Å². The van der Waals surface area contributed by atoms with Gasteiger partial charge in [0.1, 0.15) is 11.5 Å². The van der Waals surface area contributed by atoms with Crippen LogP contribution in [0.2, 0.25) is 18.1 Å². The van der Waals surface area contributed by atoms with Gasteiger partial charge >= 0.3 is 0 Å². The summed E-state index contributed by atoms with van der Waals surface area (Å²) in [4.78, 5) is 0. The molecule has 0 atom stereocenters. The quantitative estimate of drug-likeness (QED) is 0.348. The summed E-state index contributed by atoms with van der Waals surface area (Å²) in [6.07, 6.45) is 13.7. The minimum absolute atomic E-state index is 0.149. The largest absolute Gasteiger partial charge is 0.543 e. The molecule has 170 valence electrons. The van der Waals surface area contributed by atoms with Crippen molar-refractivity contribution in [3.05, 3.63) is 70.9 Å². The van der Waals surface area contributed by atoms with Crippen LogP contribution in [0, 0.1) is 0 Å². The van der Waals surface area contributed by atoms with Gasteiger partial charge in [0.05, 0.1) is 7.11 Å². The highest BCUT2D eigenvalue weighted by Crippen LogP contribution is 2.40. The maximum Gasteiger partial charge on any atom is 0.250 e. The molecule has 0 fully saturated rings. The topological polar surface area (TPSA) is 18.5 Å². The minimum atomic E-state index is -1.96. The Kier molecular flexibility index (Phi) is 8.59. The molecule has 0 saturated heterocycles. The van der Waals surface area contributed by atoms with E-state index in [9.17, 15) is 0 Å². The van der Waals surface area contributed by atoms with Crippen LogP contribution < -0.4 is 9.16 Å². The van der Waals surface area contributed by atoms with Gasteiger partial charge in [-0.15, -0.1) is 0 Å². The summed E-state index contributed by atoms with van der Waals surface area (Å²) in [6.45, 7) is 20.1. The van der Waals surface area contributed by atoms with Crippen molar-refractivity contribution in [3.63, 3.8) is 0 Å². The SMILES string of the molecule is C=C1/C=C\C/C(C)=C\Cc2cc(OC)c(cc2O[Si](C)(C)C(C)(C)C)C/C(C)=C\CC1. The first-order chi connectivity index (χ1) is 14.4. The lowest BCUT2D eigenvalue weighted by Crippen LogP contribution is -2.44. The predicted molar refractivity (Wildman–Crippen MR) is 138 cm³/mol. The zero-order valence-corrected chi connectivity index (χ0v) is 22.0. The van der Waals surface area contributed by atoms with Crippen molar-refractivity contribution >= 4 is 8.32 Å². The molecule has 2 aliphatic carbocycles. The molecule has 0 heterocycles. The van der Waals surface area contributed by atoms with Crippen LogP contribution in [0.15, 0.2) is 59.7 Å². The normalized spacial score (nSPS) is 21.1. The third-order valence-electron chi connectivity index (χ3n) is 6.53. The summed E-state index contributed by atoms with van der Waals surface area (Å²) in [5.74, 6) is 1.98. The van der Waals surface area contributed by atoms with Crippen LogP contribution in [0.1, 0.15) is 65.0 Å². The Morgan fingerprint density at radius 3 is 2.26 bits per heavy atom.